The number of nitrogens with zero attached hydrogens (tertiary/aromatic N) is 2. The Morgan fingerprint density at radius 3 is 1.62 bits per heavy atom. The SMILES string of the molecule is C=CC#N.CC#N.O. The van der Waals surface area contributed by atoms with Crippen molar-refractivity contribution in [2.24, 2.45) is 0 Å². The van der Waals surface area contributed by atoms with E-state index < -0.39 is 0 Å². The van der Waals surface area contributed by atoms with Gasteiger partial charge >= 0.3 is 0 Å². The van der Waals surface area contributed by atoms with Crippen LogP contribution in [0, 0.1) is 22.7 Å². The number of hydrogen-bond acceptors (Lipinski definition) is 2. The highest BCUT2D eigenvalue weighted by atomic mass is 16.0. The zero-order valence-corrected chi connectivity index (χ0v) is 4.68. The van der Waals surface area contributed by atoms with Crippen LogP contribution in [0.25, 0.3) is 0 Å². The molecule has 0 aromatic heterocycles. The van der Waals surface area contributed by atoms with Crippen molar-refractivity contribution in [3.8, 4) is 12.1 Å². The van der Waals surface area contributed by atoms with Gasteiger partial charge in [0.25, 0.3) is 0 Å². The molecule has 2 N–H and O–H groups in total. The fourth-order valence-corrected chi connectivity index (χ4v) is 0. The second kappa shape index (κ2) is 44.1. The molecule has 0 aromatic rings. The molecule has 3 heteroatoms. The van der Waals surface area contributed by atoms with Crippen LogP contribution in [0.4, 0.5) is 0 Å². The van der Waals surface area contributed by atoms with Crippen LogP contribution >= 0.6 is 0 Å². The molecule has 0 aliphatic carbocycles. The lowest BCUT2D eigenvalue weighted by Gasteiger charge is -1.31. The molecule has 0 unspecified atom stereocenters. The summed E-state index contributed by atoms with van der Waals surface area (Å²) in [5.41, 5.74) is 0. The molecule has 0 aliphatic heterocycles. The summed E-state index contributed by atoms with van der Waals surface area (Å²) in [6.07, 6.45) is 1.18. The highest BCUT2D eigenvalue weighted by Gasteiger charge is 1.34. The minimum atomic E-state index is 0. The summed E-state index contributed by atoms with van der Waals surface area (Å²) in [7, 11) is 0. The molecule has 0 radical (unpaired) electrons. The van der Waals surface area contributed by atoms with E-state index >= 15 is 0 Å². The maximum Gasteiger partial charge on any atom is 0.0905 e. The summed E-state index contributed by atoms with van der Waals surface area (Å²) in [6.45, 7) is 4.55. The van der Waals surface area contributed by atoms with E-state index in [-0.39, 0.29) is 5.48 Å². The van der Waals surface area contributed by atoms with E-state index in [1.807, 2.05) is 0 Å². The maximum atomic E-state index is 7.51. The molecule has 0 amide bonds. The summed E-state index contributed by atoms with van der Waals surface area (Å²) in [6, 6.07) is 3.44. The molecule has 44 valence electrons. The quantitative estimate of drug-likeness (QED) is 0.425. The Kier molecular flexibility index (Phi) is 87.7. The lowest BCUT2D eigenvalue weighted by molar-refractivity contribution is 0.824. The van der Waals surface area contributed by atoms with Gasteiger partial charge in [0.2, 0.25) is 0 Å². The smallest absolute Gasteiger partial charge is 0.0905 e. The summed E-state index contributed by atoms with van der Waals surface area (Å²) < 4.78 is 0. The Hall–Kier alpha value is -1.32. The normalized spacial score (nSPS) is 2.88. The molecule has 0 fully saturated rings. The van der Waals surface area contributed by atoms with Crippen molar-refractivity contribution in [3.05, 3.63) is 12.7 Å². The number of allylic oxidation sites excluding steroid dienone is 1. The predicted molar refractivity (Wildman–Crippen MR) is 30.7 cm³/mol. The van der Waals surface area contributed by atoms with E-state index in [1.54, 1.807) is 12.1 Å². The average molecular weight is 112 g/mol. The predicted octanol–water partition coefficient (Wildman–Crippen LogP) is 0.401. The van der Waals surface area contributed by atoms with Crippen molar-refractivity contribution in [1.82, 2.24) is 0 Å². The third-order valence-corrected chi connectivity index (χ3v) is 0.0913. The van der Waals surface area contributed by atoms with Crippen molar-refractivity contribution >= 4 is 0 Å². The molecule has 0 spiro atoms. The molecule has 0 aliphatic rings. The summed E-state index contributed by atoms with van der Waals surface area (Å²) in [5.74, 6) is 0. The minimum Gasteiger partial charge on any atom is -0.412 e. The van der Waals surface area contributed by atoms with Crippen LogP contribution in [0.2, 0.25) is 0 Å². The van der Waals surface area contributed by atoms with Crippen molar-refractivity contribution in [2.45, 2.75) is 6.92 Å². The Morgan fingerprint density at radius 1 is 1.50 bits per heavy atom. The molecule has 8 heavy (non-hydrogen) atoms. The van der Waals surface area contributed by atoms with Gasteiger partial charge in [0.15, 0.2) is 0 Å². The first-order valence-electron chi connectivity index (χ1n) is 1.64. The molecule has 0 bridgehead atoms. The molecule has 0 saturated heterocycles. The molecule has 0 heterocycles. The standard InChI is InChI=1S/C3H3N.C2H3N.H2O/c1-2-3-4;1-2-3;/h2H,1H2;1H3;1H2. The van der Waals surface area contributed by atoms with Crippen LogP contribution in [-0.2, 0) is 0 Å². The van der Waals surface area contributed by atoms with Crippen LogP contribution in [-0.4, -0.2) is 5.48 Å². The van der Waals surface area contributed by atoms with Crippen LogP contribution in [0.1, 0.15) is 6.92 Å². The highest BCUT2D eigenvalue weighted by molar-refractivity contribution is 4.93. The first kappa shape index (κ1) is 15.9. The van der Waals surface area contributed by atoms with Crippen LogP contribution in [0.5, 0.6) is 0 Å². The molecule has 0 atom stereocenters. The topological polar surface area (TPSA) is 79.1 Å². The van der Waals surface area contributed by atoms with Gasteiger partial charge in [0, 0.05) is 13.0 Å². The van der Waals surface area contributed by atoms with Crippen LogP contribution in [0.3, 0.4) is 0 Å². The summed E-state index contributed by atoms with van der Waals surface area (Å²) in [4.78, 5) is 0. The molecule has 0 rings (SSSR count). The van der Waals surface area contributed by atoms with E-state index in [9.17, 15) is 0 Å². The van der Waals surface area contributed by atoms with Gasteiger partial charge in [-0.05, 0) is 0 Å². The lowest BCUT2D eigenvalue weighted by atomic mass is 10.8. The van der Waals surface area contributed by atoms with Gasteiger partial charge in [-0.15, -0.1) is 0 Å². The van der Waals surface area contributed by atoms with Crippen molar-refractivity contribution in [3.63, 3.8) is 0 Å². The Labute approximate surface area is 48.8 Å². The first-order chi connectivity index (χ1) is 3.33. The van der Waals surface area contributed by atoms with Gasteiger partial charge in [-0.25, -0.2) is 0 Å². The molecule has 3 nitrogen and oxygen atoms in total. The molecule has 0 saturated carbocycles. The van der Waals surface area contributed by atoms with E-state index in [0.29, 0.717) is 0 Å². The van der Waals surface area contributed by atoms with E-state index in [4.69, 9.17) is 10.5 Å². The fraction of sp³-hybridized carbons (Fsp3) is 0.200. The third-order valence-electron chi connectivity index (χ3n) is 0.0913. The highest BCUT2D eigenvalue weighted by Crippen LogP contribution is 1.41. The van der Waals surface area contributed by atoms with Gasteiger partial charge < -0.3 is 5.48 Å². The summed E-state index contributed by atoms with van der Waals surface area (Å²) >= 11 is 0. The molecular formula is C5H8N2O. The van der Waals surface area contributed by atoms with Gasteiger partial charge in [-0.2, -0.15) is 10.5 Å². The zero-order chi connectivity index (χ0) is 6.12. The zero-order valence-electron chi connectivity index (χ0n) is 4.68. The Morgan fingerprint density at radius 2 is 1.62 bits per heavy atom. The van der Waals surface area contributed by atoms with Gasteiger partial charge in [0.05, 0.1) is 12.1 Å². The molecule has 0 aromatic carbocycles. The number of rotatable bonds is 0. The largest absolute Gasteiger partial charge is 0.412 e. The van der Waals surface area contributed by atoms with Gasteiger partial charge in [-0.3, -0.25) is 0 Å². The lowest BCUT2D eigenvalue weighted by Crippen LogP contribution is -1.23. The second-order valence-corrected chi connectivity index (χ2v) is 0.557. The Bertz CT molecular complexity index is 107. The van der Waals surface area contributed by atoms with Gasteiger partial charge in [0.1, 0.15) is 0 Å². The first-order valence-corrected chi connectivity index (χ1v) is 1.64. The van der Waals surface area contributed by atoms with Crippen molar-refractivity contribution in [1.29, 1.82) is 10.5 Å². The third kappa shape index (κ3) is 619. The number of nitriles is 2. The van der Waals surface area contributed by atoms with E-state index in [1.165, 1.54) is 13.0 Å². The molecular weight excluding hydrogens is 104 g/mol. The fourth-order valence-electron chi connectivity index (χ4n) is 0. The van der Waals surface area contributed by atoms with E-state index in [0.717, 1.165) is 0 Å². The van der Waals surface area contributed by atoms with Gasteiger partial charge in [-0.1, -0.05) is 6.58 Å². The maximum absolute atomic E-state index is 7.51. The minimum absolute atomic E-state index is 0. The monoisotopic (exact) mass is 112 g/mol. The second-order valence-electron chi connectivity index (χ2n) is 0.557. The van der Waals surface area contributed by atoms with Crippen LogP contribution < -0.4 is 0 Å². The average Bonchev–Trinajstić information content (AvgIpc) is 1.69. The van der Waals surface area contributed by atoms with Crippen LogP contribution in [0.15, 0.2) is 12.7 Å². The van der Waals surface area contributed by atoms with Crippen molar-refractivity contribution in [2.75, 3.05) is 0 Å². The summed E-state index contributed by atoms with van der Waals surface area (Å²) in [5, 5.41) is 14.8. The van der Waals surface area contributed by atoms with E-state index in [2.05, 4.69) is 6.58 Å². The van der Waals surface area contributed by atoms with Crippen molar-refractivity contribution < 1.29 is 5.48 Å². The number of hydrogen-bond donors (Lipinski definition) is 0. The Balaban J connectivity index is -0.0000000575.